The molecular weight excluding hydrogens is 312 g/mol. The number of ether oxygens (including phenoxy) is 1. The quantitative estimate of drug-likeness (QED) is 0.587. The Morgan fingerprint density at radius 1 is 0.917 bits per heavy atom. The van der Waals surface area contributed by atoms with Crippen LogP contribution in [0.2, 0.25) is 0 Å². The lowest BCUT2D eigenvalue weighted by Crippen LogP contribution is -2.36. The summed E-state index contributed by atoms with van der Waals surface area (Å²) in [4.78, 5) is 35.3. The molecule has 0 aromatic rings. The summed E-state index contributed by atoms with van der Waals surface area (Å²) in [7, 11) is 0. The van der Waals surface area contributed by atoms with Gasteiger partial charge in [-0.1, -0.05) is 12.2 Å². The van der Waals surface area contributed by atoms with Gasteiger partial charge in [-0.15, -0.1) is 0 Å². The minimum Gasteiger partial charge on any atom is -0.481 e. The number of hydrogen-bond donors (Lipinski definition) is 2. The van der Waals surface area contributed by atoms with Crippen molar-refractivity contribution in [2.24, 2.45) is 47.3 Å². The third-order valence-corrected chi connectivity index (χ3v) is 6.72. The van der Waals surface area contributed by atoms with Crippen molar-refractivity contribution in [1.82, 2.24) is 0 Å². The zero-order valence-electron chi connectivity index (χ0n) is 13.3. The van der Waals surface area contributed by atoms with Crippen molar-refractivity contribution in [3.05, 3.63) is 12.2 Å². The normalized spacial score (nSPS) is 44.8. The molecule has 2 N–H and O–H groups in total. The van der Waals surface area contributed by atoms with Crippen molar-refractivity contribution in [2.75, 3.05) is 6.61 Å². The largest absolute Gasteiger partial charge is 0.481 e. The van der Waals surface area contributed by atoms with Gasteiger partial charge in [0.15, 0.2) is 0 Å². The molecule has 0 radical (unpaired) electrons. The van der Waals surface area contributed by atoms with Gasteiger partial charge in [0.1, 0.15) is 0 Å². The van der Waals surface area contributed by atoms with E-state index in [9.17, 15) is 24.6 Å². The highest BCUT2D eigenvalue weighted by molar-refractivity contribution is 5.83. The van der Waals surface area contributed by atoms with Gasteiger partial charge in [0.05, 0.1) is 24.4 Å². The van der Waals surface area contributed by atoms with Crippen LogP contribution >= 0.6 is 0 Å². The molecule has 0 aliphatic heterocycles. The first-order chi connectivity index (χ1) is 11.5. The second-order valence-electron chi connectivity index (χ2n) is 7.91. The summed E-state index contributed by atoms with van der Waals surface area (Å²) in [6.07, 6.45) is 7.12. The number of hydrogen-bond acceptors (Lipinski definition) is 4. The average molecular weight is 334 g/mol. The van der Waals surface area contributed by atoms with Crippen LogP contribution in [-0.2, 0) is 19.1 Å². The molecule has 0 aromatic carbocycles. The maximum Gasteiger partial charge on any atom is 0.310 e. The second-order valence-corrected chi connectivity index (χ2v) is 7.91. The van der Waals surface area contributed by atoms with E-state index in [-0.39, 0.29) is 36.2 Å². The van der Waals surface area contributed by atoms with E-state index in [0.29, 0.717) is 12.3 Å². The van der Waals surface area contributed by atoms with Gasteiger partial charge in [-0.05, 0) is 55.3 Å². The highest BCUT2D eigenvalue weighted by Gasteiger charge is 2.53. The van der Waals surface area contributed by atoms with Crippen LogP contribution in [-0.4, -0.2) is 34.7 Å². The maximum absolute atomic E-state index is 12.5. The van der Waals surface area contributed by atoms with E-state index >= 15 is 0 Å². The molecule has 130 valence electrons. The Kier molecular flexibility index (Phi) is 3.66. The summed E-state index contributed by atoms with van der Waals surface area (Å²) in [6, 6.07) is 0. The van der Waals surface area contributed by atoms with Crippen LogP contribution in [0.1, 0.15) is 25.7 Å². The van der Waals surface area contributed by atoms with E-state index in [1.54, 1.807) is 0 Å². The van der Waals surface area contributed by atoms with E-state index in [1.807, 2.05) is 12.2 Å². The minimum atomic E-state index is -0.931. The molecule has 4 bridgehead atoms. The number of carbonyl (C=O) groups excluding carboxylic acids is 1. The molecule has 24 heavy (non-hydrogen) atoms. The highest BCUT2D eigenvalue weighted by Crippen LogP contribution is 2.52. The van der Waals surface area contributed by atoms with Crippen LogP contribution in [0, 0.1) is 47.3 Å². The fraction of sp³-hybridized carbons (Fsp3) is 0.722. The SMILES string of the molecule is O=C(O)C1CC2CC(COC(=O)C3C4C=CC(C4)C3C(=O)O)C1C2. The van der Waals surface area contributed by atoms with E-state index in [4.69, 9.17) is 4.74 Å². The molecule has 3 saturated carbocycles. The van der Waals surface area contributed by atoms with Gasteiger partial charge in [0, 0.05) is 0 Å². The van der Waals surface area contributed by atoms with Gasteiger partial charge in [-0.25, -0.2) is 0 Å². The number of carboxylic acid groups (broad SMARTS) is 2. The molecule has 0 aromatic heterocycles. The molecule has 0 spiro atoms. The number of aliphatic carboxylic acids is 2. The molecule has 0 amide bonds. The molecule has 8 unspecified atom stereocenters. The van der Waals surface area contributed by atoms with Crippen LogP contribution in [0.4, 0.5) is 0 Å². The molecule has 4 rings (SSSR count). The van der Waals surface area contributed by atoms with Crippen LogP contribution in [0.5, 0.6) is 0 Å². The first-order valence-electron chi connectivity index (χ1n) is 8.76. The maximum atomic E-state index is 12.5. The topological polar surface area (TPSA) is 101 Å². The van der Waals surface area contributed by atoms with Crippen LogP contribution < -0.4 is 0 Å². The summed E-state index contributed by atoms with van der Waals surface area (Å²) in [6.45, 7) is 0.230. The van der Waals surface area contributed by atoms with Gasteiger partial charge >= 0.3 is 17.9 Å². The number of fused-ring (bicyclic) bond motifs is 4. The number of allylic oxidation sites excluding steroid dienone is 2. The van der Waals surface area contributed by atoms with Crippen molar-refractivity contribution in [3.8, 4) is 0 Å². The lowest BCUT2D eigenvalue weighted by molar-refractivity contribution is -0.160. The van der Waals surface area contributed by atoms with Gasteiger partial charge in [0.25, 0.3) is 0 Å². The molecule has 4 aliphatic rings. The van der Waals surface area contributed by atoms with Crippen LogP contribution in [0.15, 0.2) is 12.2 Å². The average Bonchev–Trinajstić information content (AvgIpc) is 3.29. The Bertz CT molecular complexity index is 611. The lowest BCUT2D eigenvalue weighted by Gasteiger charge is -2.28. The summed E-state index contributed by atoms with van der Waals surface area (Å²) in [5.74, 6) is -3.16. The van der Waals surface area contributed by atoms with Crippen molar-refractivity contribution in [3.63, 3.8) is 0 Å². The van der Waals surface area contributed by atoms with E-state index in [0.717, 1.165) is 19.3 Å². The number of esters is 1. The van der Waals surface area contributed by atoms with Crippen LogP contribution in [0.25, 0.3) is 0 Å². The molecule has 3 fully saturated rings. The van der Waals surface area contributed by atoms with Gasteiger partial charge in [-0.2, -0.15) is 0 Å². The van der Waals surface area contributed by atoms with E-state index < -0.39 is 29.7 Å². The van der Waals surface area contributed by atoms with Gasteiger partial charge in [0.2, 0.25) is 0 Å². The smallest absolute Gasteiger partial charge is 0.310 e. The molecule has 6 heteroatoms. The lowest BCUT2D eigenvalue weighted by atomic mass is 9.81. The summed E-state index contributed by atoms with van der Waals surface area (Å²) >= 11 is 0. The van der Waals surface area contributed by atoms with E-state index in [2.05, 4.69) is 0 Å². The Hall–Kier alpha value is -1.85. The molecule has 0 heterocycles. The zero-order chi connectivity index (χ0) is 17.0. The second kappa shape index (κ2) is 5.60. The van der Waals surface area contributed by atoms with Crippen molar-refractivity contribution in [2.45, 2.75) is 25.7 Å². The molecule has 4 aliphatic carbocycles. The number of carboxylic acids is 2. The van der Waals surface area contributed by atoms with Crippen molar-refractivity contribution in [1.29, 1.82) is 0 Å². The summed E-state index contributed by atoms with van der Waals surface area (Å²) < 4.78 is 5.49. The Morgan fingerprint density at radius 3 is 2.25 bits per heavy atom. The summed E-state index contributed by atoms with van der Waals surface area (Å²) in [5.41, 5.74) is 0. The fourth-order valence-corrected chi connectivity index (χ4v) is 5.74. The molecule has 6 nitrogen and oxygen atoms in total. The standard InChI is InChI=1S/C18H22O6/c19-16(20)13-5-8-3-11(12(13)4-8)7-24-18(23)15-10-2-1-9(6-10)14(15)17(21)22/h1-2,8-15H,3-7H2,(H,19,20)(H,21,22). The first-order valence-corrected chi connectivity index (χ1v) is 8.76. The van der Waals surface area contributed by atoms with Gasteiger partial charge < -0.3 is 14.9 Å². The number of carbonyl (C=O) groups is 3. The molecule has 0 saturated heterocycles. The Balaban J connectivity index is 1.38. The van der Waals surface area contributed by atoms with Crippen molar-refractivity contribution >= 4 is 17.9 Å². The van der Waals surface area contributed by atoms with Crippen molar-refractivity contribution < 1.29 is 29.3 Å². The third-order valence-electron chi connectivity index (χ3n) is 6.72. The first kappa shape index (κ1) is 15.7. The Labute approximate surface area is 139 Å². The predicted octanol–water partition coefficient (Wildman–Crippen LogP) is 1.80. The predicted molar refractivity (Wildman–Crippen MR) is 81.8 cm³/mol. The molecular formula is C18H22O6. The highest BCUT2D eigenvalue weighted by atomic mass is 16.5. The fourth-order valence-electron chi connectivity index (χ4n) is 5.74. The van der Waals surface area contributed by atoms with Crippen LogP contribution in [0.3, 0.4) is 0 Å². The minimum absolute atomic E-state index is 0.0320. The third kappa shape index (κ3) is 2.34. The Morgan fingerprint density at radius 2 is 1.62 bits per heavy atom. The van der Waals surface area contributed by atoms with Gasteiger partial charge in [-0.3, -0.25) is 14.4 Å². The number of rotatable bonds is 5. The summed E-state index contributed by atoms with van der Waals surface area (Å²) in [5, 5.41) is 18.7. The van der Waals surface area contributed by atoms with E-state index in [1.165, 1.54) is 0 Å². The molecule has 8 atom stereocenters. The monoisotopic (exact) mass is 334 g/mol. The zero-order valence-corrected chi connectivity index (χ0v) is 13.3.